The van der Waals surface area contributed by atoms with E-state index in [1.165, 1.54) is 36.0 Å². The number of hydrogen-bond acceptors (Lipinski definition) is 8. The van der Waals surface area contributed by atoms with Crippen molar-refractivity contribution in [3.8, 4) is 17.5 Å². The largest absolute Gasteiger partial charge is 0.344 e. The molecule has 270 valence electrons. The van der Waals surface area contributed by atoms with E-state index in [-0.39, 0.29) is 11.8 Å². The van der Waals surface area contributed by atoms with Crippen LogP contribution in [-0.4, -0.2) is 65.7 Å². The average molecular weight is 840 g/mol. The van der Waals surface area contributed by atoms with E-state index in [2.05, 4.69) is 88.2 Å². The molecule has 0 bridgehead atoms. The molecule has 1 aliphatic heterocycles. The number of aromatic amines is 1. The number of amides is 2. The number of aromatic nitrogens is 6. The third kappa shape index (κ3) is 9.71. The number of rotatable bonds is 6. The van der Waals surface area contributed by atoms with Crippen LogP contribution in [0.15, 0.2) is 79.5 Å². The number of nitriles is 1. The normalized spacial score (nSPS) is 15.5. The van der Waals surface area contributed by atoms with Gasteiger partial charge in [0.1, 0.15) is 22.4 Å². The van der Waals surface area contributed by atoms with Crippen molar-refractivity contribution in [1.29, 1.82) is 5.26 Å². The fourth-order valence-corrected chi connectivity index (χ4v) is 7.11. The van der Waals surface area contributed by atoms with Crippen LogP contribution in [0.3, 0.4) is 0 Å². The predicted octanol–water partition coefficient (Wildman–Crippen LogP) is 7.98. The highest BCUT2D eigenvalue weighted by Gasteiger charge is 2.33. The van der Waals surface area contributed by atoms with Gasteiger partial charge in [0.25, 0.3) is 5.91 Å². The molecule has 5 aromatic heterocycles. The number of fused-ring (bicyclic) bond motifs is 1. The Hall–Kier alpha value is -5.00. The van der Waals surface area contributed by atoms with Crippen LogP contribution in [0.1, 0.15) is 72.6 Å². The lowest BCUT2D eigenvalue weighted by molar-refractivity contribution is -0.137. The van der Waals surface area contributed by atoms with Crippen molar-refractivity contribution in [3.05, 3.63) is 111 Å². The number of nitrogens with one attached hydrogen (secondary N) is 2. The van der Waals surface area contributed by atoms with Crippen LogP contribution < -0.4 is 5.32 Å². The molecule has 0 spiro atoms. The Morgan fingerprint density at radius 1 is 0.962 bits per heavy atom. The number of carbonyl (C=O) groups excluding carboxylic acids is 2. The number of hydrogen-bond donors (Lipinski definition) is 2. The fraction of sp³-hybridized carbons (Fsp3) is 0.300. The van der Waals surface area contributed by atoms with Crippen molar-refractivity contribution in [2.45, 2.75) is 58.4 Å². The molecular weight excluding hydrogens is 801 g/mol. The van der Waals surface area contributed by atoms with Crippen LogP contribution in [-0.2, 0) is 4.79 Å². The fourth-order valence-electron chi connectivity index (χ4n) is 6.30. The summed E-state index contributed by atoms with van der Waals surface area (Å²) in [5, 5.41) is 12.2. The van der Waals surface area contributed by atoms with Gasteiger partial charge in [-0.05, 0) is 134 Å². The number of pyridine rings is 3. The van der Waals surface area contributed by atoms with Crippen molar-refractivity contribution in [1.82, 2.24) is 40.1 Å². The maximum atomic E-state index is 12.9. The molecule has 53 heavy (non-hydrogen) atoms. The maximum absolute atomic E-state index is 12.9. The van der Waals surface area contributed by atoms with Crippen molar-refractivity contribution in [2.75, 3.05) is 13.1 Å². The van der Waals surface area contributed by atoms with Crippen molar-refractivity contribution in [2.24, 2.45) is 5.92 Å². The van der Waals surface area contributed by atoms with Gasteiger partial charge in [-0.15, -0.1) is 0 Å². The summed E-state index contributed by atoms with van der Waals surface area (Å²) < 4.78 is 1.11. The third-order valence-electron chi connectivity index (χ3n) is 9.15. The minimum absolute atomic E-state index is 0.128. The van der Waals surface area contributed by atoms with Crippen molar-refractivity contribution >= 4 is 68.3 Å². The molecule has 0 aromatic carbocycles. The first-order valence-electron chi connectivity index (χ1n) is 17.6. The summed E-state index contributed by atoms with van der Waals surface area (Å²) in [6.45, 7) is 4.49. The zero-order valence-electron chi connectivity index (χ0n) is 29.5. The Bertz CT molecular complexity index is 2200. The minimum Gasteiger partial charge on any atom is -0.344 e. The number of carbonyl (C=O) groups is 2. The van der Waals surface area contributed by atoms with Crippen LogP contribution in [0.5, 0.6) is 0 Å². The lowest BCUT2D eigenvalue weighted by atomic mass is 10.0. The van der Waals surface area contributed by atoms with Crippen LogP contribution >= 0.6 is 34.2 Å². The summed E-state index contributed by atoms with van der Waals surface area (Å²) in [5.74, 6) is -0.747. The number of aryl methyl sites for hydroxylation is 1. The van der Waals surface area contributed by atoms with Crippen LogP contribution in [0.4, 0.5) is 0 Å². The SMILES string of the molecule is C[C@@H](NC(=O)c1c[nH]c2ncc(-c3cc(C4=CCCC4)ccn3)nc12)C(=O)N1CC(C#N)C1.Cc1cc(C2=CCCC2)ccn1.Clc1cc(I)ccn1. The summed E-state index contributed by atoms with van der Waals surface area (Å²) in [7, 11) is 0. The first-order valence-corrected chi connectivity index (χ1v) is 19.0. The van der Waals surface area contributed by atoms with Crippen LogP contribution in [0.2, 0.25) is 5.15 Å². The van der Waals surface area contributed by atoms with Crippen LogP contribution in [0, 0.1) is 27.7 Å². The molecule has 13 heteroatoms. The summed E-state index contributed by atoms with van der Waals surface area (Å²) in [6, 6.07) is 13.4. The molecule has 0 saturated carbocycles. The molecule has 11 nitrogen and oxygen atoms in total. The highest BCUT2D eigenvalue weighted by Crippen LogP contribution is 2.30. The molecule has 5 aromatic rings. The molecule has 3 aliphatic rings. The van der Waals surface area contributed by atoms with Gasteiger partial charge in [-0.25, -0.2) is 15.0 Å². The van der Waals surface area contributed by atoms with E-state index in [1.807, 2.05) is 37.4 Å². The Balaban J connectivity index is 0.000000194. The highest BCUT2D eigenvalue weighted by atomic mass is 127. The first kappa shape index (κ1) is 37.7. The van der Waals surface area contributed by atoms with E-state index in [0.29, 0.717) is 46.4 Å². The van der Waals surface area contributed by atoms with E-state index >= 15 is 0 Å². The molecule has 2 aliphatic carbocycles. The van der Waals surface area contributed by atoms with E-state index in [1.54, 1.807) is 36.6 Å². The highest BCUT2D eigenvalue weighted by molar-refractivity contribution is 14.1. The second-order valence-corrected chi connectivity index (χ2v) is 14.7. The first-order chi connectivity index (χ1) is 25.7. The molecule has 0 unspecified atom stereocenters. The standard InChI is InChI=1S/C24H23N7O2.C11H13N.C5H3ClIN/c1-14(24(33)31-12-15(9-25)13-31)29-23(32)18-10-27-22-21(18)30-20(11-28-22)19-8-17(6-7-26-19)16-4-2-3-5-16;1-9-8-11(6-7-12-9)10-4-2-3-5-10;6-5-3-4(7)1-2-8-5/h4,6-8,10-11,14-15H,2-3,5,12-13H2,1H3,(H,27,28)(H,29,32);4,6-8H,2-3,5H2,1H3;1-3H/t14-;;/m1../s1. The summed E-state index contributed by atoms with van der Waals surface area (Å²) in [5.41, 5.74) is 8.90. The molecule has 2 amide bonds. The minimum atomic E-state index is -0.712. The third-order valence-corrected chi connectivity index (χ3v) is 10.0. The van der Waals surface area contributed by atoms with E-state index in [0.717, 1.165) is 34.1 Å². The van der Waals surface area contributed by atoms with Crippen molar-refractivity contribution in [3.63, 3.8) is 0 Å². The topological polar surface area (TPSA) is 153 Å². The zero-order chi connectivity index (χ0) is 37.3. The molecule has 8 rings (SSSR count). The molecule has 2 N–H and O–H groups in total. The summed E-state index contributed by atoms with van der Waals surface area (Å²) >= 11 is 7.71. The maximum Gasteiger partial charge on any atom is 0.255 e. The molecule has 0 radical (unpaired) electrons. The Kier molecular flexibility index (Phi) is 12.6. The Labute approximate surface area is 327 Å². The van der Waals surface area contributed by atoms with Gasteiger partial charge in [-0.2, -0.15) is 5.26 Å². The van der Waals surface area contributed by atoms with Crippen LogP contribution in [0.25, 0.3) is 33.7 Å². The predicted molar refractivity (Wildman–Crippen MR) is 214 cm³/mol. The van der Waals surface area contributed by atoms with Gasteiger partial charge in [0, 0.05) is 47.1 Å². The van der Waals surface area contributed by atoms with Gasteiger partial charge < -0.3 is 15.2 Å². The zero-order valence-corrected chi connectivity index (χ0v) is 32.4. The number of H-pyrrole nitrogens is 1. The average Bonchev–Trinajstić information content (AvgIpc) is 3.95. The summed E-state index contributed by atoms with van der Waals surface area (Å²) in [6.07, 6.45) is 20.2. The number of nitrogens with zero attached hydrogens (tertiary/aromatic N) is 7. The molecule has 6 heterocycles. The van der Waals surface area contributed by atoms with E-state index in [9.17, 15) is 9.59 Å². The second-order valence-electron chi connectivity index (χ2n) is 13.1. The van der Waals surface area contributed by atoms with Gasteiger partial charge in [0.05, 0.1) is 29.4 Å². The molecular formula is C40H39ClIN9O2. The van der Waals surface area contributed by atoms with Gasteiger partial charge in [0.2, 0.25) is 5.91 Å². The van der Waals surface area contributed by atoms with Gasteiger partial charge >= 0.3 is 0 Å². The quantitative estimate of drug-likeness (QED) is 0.129. The molecule has 1 saturated heterocycles. The Morgan fingerprint density at radius 2 is 1.64 bits per heavy atom. The van der Waals surface area contributed by atoms with Gasteiger partial charge in [-0.3, -0.25) is 19.6 Å². The Morgan fingerprint density at radius 3 is 2.25 bits per heavy atom. The molecule has 1 fully saturated rings. The van der Waals surface area contributed by atoms with E-state index in [4.69, 9.17) is 16.9 Å². The number of likely N-dealkylation sites (tertiary alicyclic amines) is 1. The van der Waals surface area contributed by atoms with Gasteiger partial charge in [0.15, 0.2) is 5.65 Å². The monoisotopic (exact) mass is 839 g/mol. The lowest BCUT2D eigenvalue weighted by Gasteiger charge is -2.37. The van der Waals surface area contributed by atoms with E-state index < -0.39 is 11.9 Å². The molecule has 1 atom stereocenters. The number of halogens is 2. The van der Waals surface area contributed by atoms with Crippen molar-refractivity contribution < 1.29 is 9.59 Å². The second kappa shape index (κ2) is 17.7. The smallest absolute Gasteiger partial charge is 0.255 e. The number of allylic oxidation sites excluding steroid dienone is 4. The van der Waals surface area contributed by atoms with Gasteiger partial charge in [-0.1, -0.05) is 23.8 Å². The lowest BCUT2D eigenvalue weighted by Crippen LogP contribution is -2.55. The summed E-state index contributed by atoms with van der Waals surface area (Å²) in [4.78, 5) is 51.5.